The number of sulfonamides is 1. The normalized spacial score (nSPS) is 19.4. The van der Waals surface area contributed by atoms with Gasteiger partial charge in [0.25, 0.3) is 0 Å². The minimum Gasteiger partial charge on any atom is -0.390 e. The van der Waals surface area contributed by atoms with Crippen LogP contribution in [0.5, 0.6) is 0 Å². The van der Waals surface area contributed by atoms with Crippen molar-refractivity contribution < 1.29 is 31.4 Å². The number of thioether (sulfide) groups is 1. The summed E-state index contributed by atoms with van der Waals surface area (Å²) < 4.78 is 75.6. The van der Waals surface area contributed by atoms with Crippen LogP contribution in [0.4, 0.5) is 13.2 Å². The van der Waals surface area contributed by atoms with Gasteiger partial charge in [-0.05, 0) is 12.1 Å². The quantitative estimate of drug-likeness (QED) is 0.314. The minimum atomic E-state index is -4.53. The van der Waals surface area contributed by atoms with Crippen molar-refractivity contribution >= 4 is 21.8 Å². The first kappa shape index (κ1) is 32.5. The van der Waals surface area contributed by atoms with Crippen molar-refractivity contribution in [3.63, 3.8) is 0 Å². The summed E-state index contributed by atoms with van der Waals surface area (Å²) in [5.41, 5.74) is 3.74. The molecule has 2 aromatic heterocycles. The lowest BCUT2D eigenvalue weighted by Crippen LogP contribution is -2.39. The zero-order valence-corrected chi connectivity index (χ0v) is 26.7. The van der Waals surface area contributed by atoms with Gasteiger partial charge in [0.2, 0.25) is 10.0 Å². The molecular formula is C29H38F3N7O4S2. The van der Waals surface area contributed by atoms with E-state index in [-0.39, 0.29) is 24.5 Å². The summed E-state index contributed by atoms with van der Waals surface area (Å²) in [7, 11) is -3.51. The third-order valence-corrected chi connectivity index (χ3v) is 10.9. The number of aromatic nitrogens is 4. The average molecular weight is 670 g/mol. The number of imidazole rings is 1. The number of fused-ring (bicyclic) bond motifs is 2. The topological polar surface area (TPSA) is 120 Å². The van der Waals surface area contributed by atoms with E-state index in [2.05, 4.69) is 19.8 Å². The molecule has 0 saturated carbocycles. The highest BCUT2D eigenvalue weighted by atomic mass is 32.2. The van der Waals surface area contributed by atoms with Crippen molar-refractivity contribution in [3.05, 3.63) is 52.7 Å². The second-order valence-electron chi connectivity index (χ2n) is 11.8. The molecule has 5 heterocycles. The van der Waals surface area contributed by atoms with Gasteiger partial charge < -0.3 is 14.8 Å². The molecule has 0 radical (unpaired) electrons. The maximum Gasteiger partial charge on any atom is 0.417 e. The van der Waals surface area contributed by atoms with Crippen LogP contribution in [0.1, 0.15) is 28.2 Å². The number of aliphatic hydroxyl groups excluding tert-OH is 1. The number of rotatable bonds is 10. The molecular weight excluding hydrogens is 631 g/mol. The molecule has 3 aliphatic heterocycles. The van der Waals surface area contributed by atoms with E-state index in [1.54, 1.807) is 11.0 Å². The zero-order valence-electron chi connectivity index (χ0n) is 25.1. The Bertz CT molecular complexity index is 1610. The largest absolute Gasteiger partial charge is 0.417 e. The molecule has 6 rings (SSSR count). The predicted octanol–water partition coefficient (Wildman–Crippen LogP) is 2.45. The van der Waals surface area contributed by atoms with Gasteiger partial charge in [0, 0.05) is 98.4 Å². The van der Waals surface area contributed by atoms with Crippen LogP contribution < -0.4 is 0 Å². The summed E-state index contributed by atoms with van der Waals surface area (Å²) in [4.78, 5) is 11.9. The van der Waals surface area contributed by atoms with Gasteiger partial charge in [0.05, 0.1) is 55.4 Å². The standard InChI is InChI=1S/C29H38F3N7O4S2/c1-45(41,42)38-7-5-26-22(17-38)28(35-39(26)16-21(40)15-37-6-4-24-25(18-37)34-19-33-24)20-2-3-23(29(30,31)32)27(14-20)44-13-10-36-8-11-43-12-9-36/h2-3,14,19,21,40H,4-13,15-18H2,1H3,(H,33,34). The third kappa shape index (κ3) is 7.58. The number of benzene rings is 1. The Labute approximate surface area is 264 Å². The van der Waals surface area contributed by atoms with Gasteiger partial charge in [-0.3, -0.25) is 14.5 Å². The second kappa shape index (κ2) is 13.3. The van der Waals surface area contributed by atoms with Gasteiger partial charge in [-0.25, -0.2) is 13.4 Å². The van der Waals surface area contributed by atoms with Crippen molar-refractivity contribution in [1.29, 1.82) is 0 Å². The summed E-state index contributed by atoms with van der Waals surface area (Å²) in [5, 5.41) is 15.9. The van der Waals surface area contributed by atoms with Gasteiger partial charge in [-0.15, -0.1) is 11.8 Å². The van der Waals surface area contributed by atoms with Crippen LogP contribution in [0.15, 0.2) is 29.4 Å². The Balaban J connectivity index is 1.27. The molecule has 246 valence electrons. The first-order valence-corrected chi connectivity index (χ1v) is 17.9. The molecule has 2 N–H and O–H groups in total. The van der Waals surface area contributed by atoms with Crippen LogP contribution >= 0.6 is 11.8 Å². The highest BCUT2D eigenvalue weighted by Gasteiger charge is 2.35. The van der Waals surface area contributed by atoms with Crippen LogP contribution in [-0.4, -0.2) is 118 Å². The molecule has 1 unspecified atom stereocenters. The van der Waals surface area contributed by atoms with Crippen LogP contribution in [0.3, 0.4) is 0 Å². The molecule has 45 heavy (non-hydrogen) atoms. The number of hydrogen-bond donors (Lipinski definition) is 2. The fourth-order valence-corrected chi connectivity index (χ4v) is 8.14. The lowest BCUT2D eigenvalue weighted by atomic mass is 10.0. The summed E-state index contributed by atoms with van der Waals surface area (Å²) in [6.45, 7) is 5.66. The Morgan fingerprint density at radius 3 is 2.64 bits per heavy atom. The number of morpholine rings is 1. The van der Waals surface area contributed by atoms with Gasteiger partial charge >= 0.3 is 6.18 Å². The Kier molecular flexibility index (Phi) is 9.62. The van der Waals surface area contributed by atoms with E-state index in [1.165, 1.54) is 16.4 Å². The number of β-amino-alcohol motifs (C(OH)–C–C–N with tert-alkyl or cyclic N) is 1. The fourth-order valence-electron chi connectivity index (χ4n) is 6.24. The maximum atomic E-state index is 14.1. The van der Waals surface area contributed by atoms with E-state index >= 15 is 0 Å². The van der Waals surface area contributed by atoms with E-state index in [1.807, 2.05) is 0 Å². The summed E-state index contributed by atoms with van der Waals surface area (Å²) in [6.07, 6.45) is -1.28. The molecule has 0 spiro atoms. The smallest absolute Gasteiger partial charge is 0.390 e. The average Bonchev–Trinajstić information content (AvgIpc) is 3.61. The Morgan fingerprint density at radius 2 is 1.89 bits per heavy atom. The highest BCUT2D eigenvalue weighted by molar-refractivity contribution is 7.99. The zero-order chi connectivity index (χ0) is 31.8. The molecule has 16 heteroatoms. The number of aliphatic hydroxyl groups is 1. The van der Waals surface area contributed by atoms with E-state index in [4.69, 9.17) is 9.84 Å². The van der Waals surface area contributed by atoms with E-state index < -0.39 is 27.9 Å². The van der Waals surface area contributed by atoms with E-state index in [0.717, 1.165) is 67.2 Å². The number of hydrogen-bond acceptors (Lipinski definition) is 9. The molecule has 0 aliphatic carbocycles. The molecule has 3 aliphatic rings. The third-order valence-electron chi connectivity index (χ3n) is 8.61. The van der Waals surface area contributed by atoms with Crippen molar-refractivity contribution in [1.82, 2.24) is 33.9 Å². The monoisotopic (exact) mass is 669 g/mol. The molecule has 1 aromatic carbocycles. The van der Waals surface area contributed by atoms with Gasteiger partial charge in [-0.2, -0.15) is 22.6 Å². The number of aromatic amines is 1. The first-order valence-electron chi connectivity index (χ1n) is 15.1. The lowest BCUT2D eigenvalue weighted by molar-refractivity contribution is -0.139. The SMILES string of the molecule is CS(=O)(=O)N1CCc2c(c(-c3ccc(C(F)(F)F)c(SCCN4CCOCC4)c3)nn2CC(O)CN2CCc3[nH]cnc3C2)C1. The number of halogens is 3. The van der Waals surface area contributed by atoms with E-state index in [0.29, 0.717) is 61.8 Å². The van der Waals surface area contributed by atoms with Crippen molar-refractivity contribution in [3.8, 4) is 11.3 Å². The van der Waals surface area contributed by atoms with Crippen LogP contribution in [0, 0.1) is 0 Å². The Morgan fingerprint density at radius 1 is 1.09 bits per heavy atom. The second-order valence-corrected chi connectivity index (χ2v) is 14.9. The lowest BCUT2D eigenvalue weighted by Gasteiger charge is -2.29. The molecule has 1 atom stereocenters. The fraction of sp³-hybridized carbons (Fsp3) is 0.586. The molecule has 0 amide bonds. The number of H-pyrrole nitrogens is 1. The highest BCUT2D eigenvalue weighted by Crippen LogP contribution is 2.40. The maximum absolute atomic E-state index is 14.1. The van der Waals surface area contributed by atoms with Gasteiger partial charge in [0.15, 0.2) is 0 Å². The van der Waals surface area contributed by atoms with Crippen LogP contribution in [0.2, 0.25) is 0 Å². The summed E-state index contributed by atoms with van der Waals surface area (Å²) >= 11 is 1.16. The Hall–Kier alpha value is -2.47. The molecule has 3 aromatic rings. The number of nitrogens with zero attached hydrogens (tertiary/aromatic N) is 6. The van der Waals surface area contributed by atoms with Gasteiger partial charge in [0.1, 0.15) is 0 Å². The minimum absolute atomic E-state index is 0.0637. The summed E-state index contributed by atoms with van der Waals surface area (Å²) in [5.74, 6) is 0.476. The number of ether oxygens (including phenoxy) is 1. The molecule has 0 bridgehead atoms. The molecule has 1 fully saturated rings. The molecule has 1 saturated heterocycles. The van der Waals surface area contributed by atoms with Crippen molar-refractivity contribution in [2.45, 2.75) is 49.7 Å². The number of nitrogens with one attached hydrogen (secondary N) is 1. The first-order chi connectivity index (χ1) is 21.5. The van der Waals surface area contributed by atoms with Crippen molar-refractivity contribution in [2.75, 3.05) is 64.5 Å². The number of alkyl halides is 3. The van der Waals surface area contributed by atoms with E-state index in [9.17, 15) is 26.7 Å². The van der Waals surface area contributed by atoms with Crippen LogP contribution in [0.25, 0.3) is 11.3 Å². The van der Waals surface area contributed by atoms with Crippen molar-refractivity contribution in [2.24, 2.45) is 0 Å². The molecule has 11 nitrogen and oxygen atoms in total. The van der Waals surface area contributed by atoms with Crippen LogP contribution in [-0.2, 0) is 53.4 Å². The van der Waals surface area contributed by atoms with Gasteiger partial charge in [-0.1, -0.05) is 6.07 Å². The predicted molar refractivity (Wildman–Crippen MR) is 163 cm³/mol. The summed E-state index contributed by atoms with van der Waals surface area (Å²) in [6, 6.07) is 4.01.